The highest BCUT2D eigenvalue weighted by molar-refractivity contribution is 6.31. The number of aliphatic hydroxyl groups is 1. The Morgan fingerprint density at radius 1 is 0.587 bits per heavy atom. The van der Waals surface area contributed by atoms with Crippen molar-refractivity contribution < 1.29 is 9.90 Å². The summed E-state index contributed by atoms with van der Waals surface area (Å²) < 4.78 is 0. The zero-order valence-corrected chi connectivity index (χ0v) is 28.6. The second-order valence-electron chi connectivity index (χ2n) is 12.7. The maximum Gasteiger partial charge on any atom is 0.141 e. The quantitative estimate of drug-likeness (QED) is 0.190. The first-order valence-electron chi connectivity index (χ1n) is 15.9. The molecule has 2 aliphatic rings. The van der Waals surface area contributed by atoms with Crippen LogP contribution in [0.15, 0.2) is 97.1 Å². The van der Waals surface area contributed by atoms with Crippen LogP contribution in [0, 0.1) is 5.92 Å². The molecule has 0 radical (unpaired) electrons. The molecular formula is C38H38Cl4N2O2. The number of halogens is 4. The summed E-state index contributed by atoms with van der Waals surface area (Å²) >= 11 is 24.8. The van der Waals surface area contributed by atoms with Gasteiger partial charge in [-0.3, -0.25) is 4.79 Å². The predicted octanol–water partition coefficient (Wildman–Crippen LogP) is 8.98. The molecule has 46 heavy (non-hydrogen) atoms. The second-order valence-corrected chi connectivity index (χ2v) is 14.5. The van der Waals surface area contributed by atoms with Crippen molar-refractivity contribution in [1.29, 1.82) is 0 Å². The summed E-state index contributed by atoms with van der Waals surface area (Å²) in [5.41, 5.74) is 3.65. The summed E-state index contributed by atoms with van der Waals surface area (Å²) in [5.74, 6) is -0.0347. The van der Waals surface area contributed by atoms with Crippen LogP contribution in [0.3, 0.4) is 0 Å². The predicted molar refractivity (Wildman–Crippen MR) is 190 cm³/mol. The van der Waals surface area contributed by atoms with E-state index in [9.17, 15) is 9.90 Å². The molecule has 0 aromatic heterocycles. The minimum atomic E-state index is -1.03. The minimum absolute atomic E-state index is 0.0811. The van der Waals surface area contributed by atoms with Crippen molar-refractivity contribution in [3.63, 3.8) is 0 Å². The molecule has 8 heteroatoms. The van der Waals surface area contributed by atoms with Gasteiger partial charge in [0.15, 0.2) is 0 Å². The Bertz CT molecular complexity index is 1510. The van der Waals surface area contributed by atoms with Crippen LogP contribution in [0.2, 0.25) is 20.1 Å². The molecule has 2 fully saturated rings. The average Bonchev–Trinajstić information content (AvgIpc) is 3.06. The maximum absolute atomic E-state index is 13.4. The van der Waals surface area contributed by atoms with Gasteiger partial charge in [0.1, 0.15) is 5.78 Å². The van der Waals surface area contributed by atoms with Crippen molar-refractivity contribution in [2.75, 3.05) is 39.3 Å². The lowest BCUT2D eigenvalue weighted by molar-refractivity contribution is -0.143. The summed E-state index contributed by atoms with van der Waals surface area (Å²) in [5, 5.41) is 14.8. The molecule has 4 aromatic rings. The van der Waals surface area contributed by atoms with E-state index >= 15 is 0 Å². The number of nitrogens with zero attached hydrogens (tertiary/aromatic N) is 2. The van der Waals surface area contributed by atoms with Gasteiger partial charge >= 0.3 is 0 Å². The number of benzene rings is 4. The van der Waals surface area contributed by atoms with Gasteiger partial charge in [-0.25, -0.2) is 0 Å². The van der Waals surface area contributed by atoms with E-state index in [4.69, 9.17) is 46.4 Å². The number of rotatable bonds is 9. The van der Waals surface area contributed by atoms with Crippen molar-refractivity contribution >= 4 is 52.2 Å². The largest absolute Gasteiger partial charge is 0.389 e. The van der Waals surface area contributed by atoms with E-state index in [1.165, 1.54) is 11.1 Å². The molecule has 0 bridgehead atoms. The summed E-state index contributed by atoms with van der Waals surface area (Å²) in [4.78, 5) is 18.1. The third kappa shape index (κ3) is 7.99. The van der Waals surface area contributed by atoms with Gasteiger partial charge in [0.2, 0.25) is 0 Å². The SMILES string of the molecule is O=C1CCN(CC(c2ccc(Cl)cc2)c2ccc(Cl)cc2)CC1C1(O)CCN(CC(c2ccc(Cl)cc2)c2ccc(Cl)cc2)CC1. The van der Waals surface area contributed by atoms with Crippen molar-refractivity contribution in [2.24, 2.45) is 5.92 Å². The number of carbonyl (C=O) groups is 1. The van der Waals surface area contributed by atoms with Gasteiger partial charge in [-0.05, 0) is 83.6 Å². The highest BCUT2D eigenvalue weighted by atomic mass is 35.5. The van der Waals surface area contributed by atoms with Crippen LogP contribution in [-0.2, 0) is 4.79 Å². The molecule has 0 aliphatic carbocycles. The number of piperidine rings is 2. The third-order valence-corrected chi connectivity index (χ3v) is 10.9. The van der Waals surface area contributed by atoms with Crippen LogP contribution >= 0.6 is 46.4 Å². The molecule has 0 saturated carbocycles. The minimum Gasteiger partial charge on any atom is -0.389 e. The Kier molecular flexibility index (Phi) is 10.8. The number of carbonyl (C=O) groups excluding carboxylic acids is 1. The topological polar surface area (TPSA) is 43.8 Å². The normalized spacial score (nSPS) is 19.2. The highest BCUT2D eigenvalue weighted by Crippen LogP contribution is 2.37. The van der Waals surface area contributed by atoms with Crippen molar-refractivity contribution in [2.45, 2.75) is 36.7 Å². The molecule has 1 N–H and O–H groups in total. The maximum atomic E-state index is 13.4. The van der Waals surface area contributed by atoms with Crippen LogP contribution in [0.1, 0.15) is 53.4 Å². The van der Waals surface area contributed by atoms with E-state index < -0.39 is 11.5 Å². The van der Waals surface area contributed by atoms with Gasteiger partial charge < -0.3 is 14.9 Å². The Balaban J connectivity index is 1.14. The van der Waals surface area contributed by atoms with E-state index in [0.717, 1.165) is 37.3 Å². The van der Waals surface area contributed by atoms with Crippen LogP contribution in [0.5, 0.6) is 0 Å². The van der Waals surface area contributed by atoms with Crippen LogP contribution in [-0.4, -0.2) is 65.6 Å². The fourth-order valence-electron chi connectivity index (χ4n) is 7.10. The van der Waals surface area contributed by atoms with Gasteiger partial charge in [-0.2, -0.15) is 0 Å². The zero-order chi connectivity index (χ0) is 32.3. The van der Waals surface area contributed by atoms with Crippen LogP contribution in [0.4, 0.5) is 0 Å². The summed E-state index contributed by atoms with van der Waals surface area (Å²) in [6.07, 6.45) is 1.56. The Morgan fingerprint density at radius 3 is 1.30 bits per heavy atom. The second kappa shape index (κ2) is 14.8. The fraction of sp³-hybridized carbons (Fsp3) is 0.342. The smallest absolute Gasteiger partial charge is 0.141 e. The number of Topliss-reactive ketones (excluding diaryl/α,β-unsaturated/α-hetero) is 1. The van der Waals surface area contributed by atoms with Crippen molar-refractivity contribution in [1.82, 2.24) is 9.80 Å². The van der Waals surface area contributed by atoms with E-state index in [1.54, 1.807) is 0 Å². The molecule has 2 saturated heterocycles. The Morgan fingerprint density at radius 2 is 0.935 bits per heavy atom. The standard InChI is InChI=1S/C38H38Cl4N2O2/c39-30-9-1-26(2-10-30)34(27-3-11-31(40)12-4-27)23-43-21-18-38(46,19-22-43)36-25-44(20-17-37(36)45)24-35(28-5-13-32(41)14-6-28)29-7-15-33(42)16-8-29/h1-16,34-36,46H,17-25H2. The van der Waals surface area contributed by atoms with E-state index in [1.807, 2.05) is 48.5 Å². The van der Waals surface area contributed by atoms with Crippen molar-refractivity contribution in [3.05, 3.63) is 139 Å². The molecule has 2 aliphatic heterocycles. The lowest BCUT2D eigenvalue weighted by Gasteiger charge is -2.46. The van der Waals surface area contributed by atoms with E-state index in [2.05, 4.69) is 58.3 Å². The Hall–Kier alpha value is -2.41. The number of hydrogen-bond acceptors (Lipinski definition) is 4. The first kappa shape index (κ1) is 33.5. The number of hydrogen-bond donors (Lipinski definition) is 1. The van der Waals surface area contributed by atoms with Gasteiger partial charge in [-0.1, -0.05) is 94.9 Å². The van der Waals surface area contributed by atoms with Crippen LogP contribution < -0.4 is 0 Å². The number of ketones is 1. The molecule has 240 valence electrons. The molecule has 0 amide bonds. The Labute approximate surface area is 291 Å². The highest BCUT2D eigenvalue weighted by Gasteiger charge is 2.46. The van der Waals surface area contributed by atoms with Gasteiger partial charge in [0, 0.05) is 77.6 Å². The lowest BCUT2D eigenvalue weighted by Crippen LogP contribution is -2.57. The molecular weight excluding hydrogens is 658 g/mol. The molecule has 4 aromatic carbocycles. The molecule has 1 unspecified atom stereocenters. The van der Waals surface area contributed by atoms with E-state index in [-0.39, 0.29) is 17.6 Å². The molecule has 4 nitrogen and oxygen atoms in total. The lowest BCUT2D eigenvalue weighted by atomic mass is 9.74. The first-order valence-corrected chi connectivity index (χ1v) is 17.4. The van der Waals surface area contributed by atoms with Gasteiger partial charge in [0.05, 0.1) is 11.5 Å². The average molecular weight is 697 g/mol. The summed E-state index contributed by atoms with van der Waals surface area (Å²) in [6.45, 7) is 4.20. The first-order chi connectivity index (χ1) is 22.2. The molecule has 6 rings (SSSR count). The monoisotopic (exact) mass is 694 g/mol. The fourth-order valence-corrected chi connectivity index (χ4v) is 7.61. The van der Waals surface area contributed by atoms with E-state index in [0.29, 0.717) is 52.4 Å². The zero-order valence-electron chi connectivity index (χ0n) is 25.6. The third-order valence-electron chi connectivity index (χ3n) is 9.85. The van der Waals surface area contributed by atoms with Crippen molar-refractivity contribution in [3.8, 4) is 0 Å². The van der Waals surface area contributed by atoms with Gasteiger partial charge in [-0.15, -0.1) is 0 Å². The summed E-state index contributed by atoms with van der Waals surface area (Å²) in [6, 6.07) is 32.0. The van der Waals surface area contributed by atoms with Crippen LogP contribution in [0.25, 0.3) is 0 Å². The summed E-state index contributed by atoms with van der Waals surface area (Å²) in [7, 11) is 0. The van der Waals surface area contributed by atoms with Gasteiger partial charge in [0.25, 0.3) is 0 Å². The molecule has 2 heterocycles. The molecule has 1 atom stereocenters. The number of likely N-dealkylation sites (tertiary alicyclic amines) is 2. The molecule has 0 spiro atoms.